The summed E-state index contributed by atoms with van der Waals surface area (Å²) in [6.45, 7) is 0.540. The Kier molecular flexibility index (Phi) is 3.31. The lowest BCUT2D eigenvalue weighted by Gasteiger charge is -2.06. The molecule has 0 saturated heterocycles. The van der Waals surface area contributed by atoms with Gasteiger partial charge in [-0.2, -0.15) is 10.4 Å². The Bertz CT molecular complexity index is 529. The van der Waals surface area contributed by atoms with Gasteiger partial charge in [0.15, 0.2) is 0 Å². The average molecular weight is 231 g/mol. The maximum absolute atomic E-state index is 13.5. The smallest absolute Gasteiger partial charge is 0.147 e. The van der Waals surface area contributed by atoms with Gasteiger partial charge in [-0.05, 0) is 18.2 Å². The second-order valence-electron chi connectivity index (χ2n) is 3.42. The molecule has 86 valence electrons. The van der Waals surface area contributed by atoms with Crippen LogP contribution in [0.15, 0.2) is 24.5 Å². The number of aromatic amines is 1. The van der Waals surface area contributed by atoms with Crippen LogP contribution in [0.3, 0.4) is 0 Å². The first-order chi connectivity index (χ1) is 8.29. The van der Waals surface area contributed by atoms with Gasteiger partial charge in [0.05, 0.1) is 17.3 Å². The van der Waals surface area contributed by atoms with Gasteiger partial charge in [0.25, 0.3) is 0 Å². The lowest BCUT2D eigenvalue weighted by Crippen LogP contribution is -2.07. The van der Waals surface area contributed by atoms with E-state index in [9.17, 15) is 4.39 Å². The second-order valence-corrected chi connectivity index (χ2v) is 3.42. The fraction of sp³-hybridized carbons (Fsp3) is 0.182. The standard InChI is InChI=1S/C11H10FN5/c12-9-5-8(6-13)1-2-10(9)14-4-3-11-15-7-16-17-11/h1-2,5,7,14H,3-4H2,(H,15,16,17). The van der Waals surface area contributed by atoms with Gasteiger partial charge in [0, 0.05) is 13.0 Å². The van der Waals surface area contributed by atoms with Crippen molar-refractivity contribution in [2.45, 2.75) is 6.42 Å². The normalized spacial score (nSPS) is 9.88. The molecule has 2 rings (SSSR count). The van der Waals surface area contributed by atoms with Crippen LogP contribution in [0.4, 0.5) is 10.1 Å². The van der Waals surface area contributed by atoms with Crippen molar-refractivity contribution in [3.63, 3.8) is 0 Å². The first-order valence-corrected chi connectivity index (χ1v) is 5.07. The maximum Gasteiger partial charge on any atom is 0.147 e. The Morgan fingerprint density at radius 3 is 3.00 bits per heavy atom. The molecule has 0 amide bonds. The molecule has 2 aromatic rings. The predicted octanol–water partition coefficient (Wildman–Crippen LogP) is 1.47. The highest BCUT2D eigenvalue weighted by atomic mass is 19.1. The van der Waals surface area contributed by atoms with Crippen molar-refractivity contribution in [2.75, 3.05) is 11.9 Å². The Balaban J connectivity index is 1.93. The van der Waals surface area contributed by atoms with Crippen molar-refractivity contribution in [1.82, 2.24) is 15.2 Å². The molecule has 0 aliphatic rings. The number of nitrogens with one attached hydrogen (secondary N) is 2. The summed E-state index contributed by atoms with van der Waals surface area (Å²) in [5, 5.41) is 18.0. The van der Waals surface area contributed by atoms with E-state index in [0.717, 1.165) is 5.82 Å². The van der Waals surface area contributed by atoms with Gasteiger partial charge in [0.1, 0.15) is 18.0 Å². The molecule has 2 N–H and O–H groups in total. The number of aromatic nitrogens is 3. The molecule has 6 heteroatoms. The Labute approximate surface area is 97.3 Å². The topological polar surface area (TPSA) is 77.4 Å². The number of halogens is 1. The van der Waals surface area contributed by atoms with E-state index >= 15 is 0 Å². The molecular formula is C11H10FN5. The summed E-state index contributed by atoms with van der Waals surface area (Å²) in [4.78, 5) is 3.95. The molecule has 0 unspecified atom stereocenters. The van der Waals surface area contributed by atoms with Crippen LogP contribution in [-0.2, 0) is 6.42 Å². The third-order valence-corrected chi connectivity index (χ3v) is 2.24. The minimum Gasteiger partial charge on any atom is -0.382 e. The lowest BCUT2D eigenvalue weighted by atomic mass is 10.2. The summed E-state index contributed by atoms with van der Waals surface area (Å²) in [5.41, 5.74) is 0.687. The van der Waals surface area contributed by atoms with Crippen LogP contribution in [0.2, 0.25) is 0 Å². The maximum atomic E-state index is 13.5. The molecule has 17 heavy (non-hydrogen) atoms. The first kappa shape index (κ1) is 11.1. The zero-order valence-corrected chi connectivity index (χ0v) is 8.94. The van der Waals surface area contributed by atoms with E-state index in [4.69, 9.17) is 5.26 Å². The molecule has 0 aliphatic carbocycles. The predicted molar refractivity (Wildman–Crippen MR) is 59.7 cm³/mol. The van der Waals surface area contributed by atoms with Crippen LogP contribution in [0.1, 0.15) is 11.4 Å². The highest BCUT2D eigenvalue weighted by molar-refractivity contribution is 5.48. The summed E-state index contributed by atoms with van der Waals surface area (Å²) in [7, 11) is 0. The fourth-order valence-electron chi connectivity index (χ4n) is 1.39. The molecule has 0 saturated carbocycles. The number of hydrogen-bond acceptors (Lipinski definition) is 4. The van der Waals surface area contributed by atoms with E-state index in [-0.39, 0.29) is 0 Å². The van der Waals surface area contributed by atoms with E-state index in [1.54, 1.807) is 12.1 Å². The van der Waals surface area contributed by atoms with Crippen molar-refractivity contribution in [3.8, 4) is 6.07 Å². The van der Waals surface area contributed by atoms with Crippen molar-refractivity contribution in [2.24, 2.45) is 0 Å². The van der Waals surface area contributed by atoms with Crippen molar-refractivity contribution >= 4 is 5.69 Å². The van der Waals surface area contributed by atoms with Crippen LogP contribution in [0.5, 0.6) is 0 Å². The van der Waals surface area contributed by atoms with E-state index in [0.29, 0.717) is 24.2 Å². The van der Waals surface area contributed by atoms with Gasteiger partial charge in [0.2, 0.25) is 0 Å². The summed E-state index contributed by atoms with van der Waals surface area (Å²) in [5.74, 6) is 0.313. The van der Waals surface area contributed by atoms with E-state index < -0.39 is 5.82 Å². The van der Waals surface area contributed by atoms with Crippen molar-refractivity contribution in [3.05, 3.63) is 41.7 Å². The number of nitriles is 1. The van der Waals surface area contributed by atoms with Gasteiger partial charge in [-0.1, -0.05) is 0 Å². The largest absolute Gasteiger partial charge is 0.382 e. The Morgan fingerprint density at radius 1 is 1.47 bits per heavy atom. The molecule has 1 aromatic carbocycles. The molecule has 0 bridgehead atoms. The molecule has 1 aromatic heterocycles. The third-order valence-electron chi connectivity index (χ3n) is 2.24. The van der Waals surface area contributed by atoms with Crippen LogP contribution in [-0.4, -0.2) is 21.7 Å². The number of benzene rings is 1. The Morgan fingerprint density at radius 2 is 2.35 bits per heavy atom. The van der Waals surface area contributed by atoms with Gasteiger partial charge in [-0.15, -0.1) is 0 Å². The highest BCUT2D eigenvalue weighted by Crippen LogP contribution is 2.15. The SMILES string of the molecule is N#Cc1ccc(NCCc2ncn[nH]2)c(F)c1. The van der Waals surface area contributed by atoms with E-state index in [1.165, 1.54) is 12.4 Å². The first-order valence-electron chi connectivity index (χ1n) is 5.07. The van der Waals surface area contributed by atoms with Crippen LogP contribution in [0.25, 0.3) is 0 Å². The highest BCUT2D eigenvalue weighted by Gasteiger charge is 2.03. The van der Waals surface area contributed by atoms with Gasteiger partial charge in [-0.25, -0.2) is 9.37 Å². The molecule has 0 fully saturated rings. The summed E-state index contributed by atoms with van der Waals surface area (Å²) in [6.07, 6.45) is 2.05. The van der Waals surface area contributed by atoms with Gasteiger partial charge < -0.3 is 5.32 Å². The number of anilines is 1. The number of rotatable bonds is 4. The zero-order valence-electron chi connectivity index (χ0n) is 8.94. The summed E-state index contributed by atoms with van der Waals surface area (Å²) >= 11 is 0. The molecule has 5 nitrogen and oxygen atoms in total. The molecule has 0 aliphatic heterocycles. The van der Waals surface area contributed by atoms with Gasteiger partial charge in [-0.3, -0.25) is 5.10 Å². The molecule has 1 heterocycles. The quantitative estimate of drug-likeness (QED) is 0.835. The molecule has 0 spiro atoms. The zero-order chi connectivity index (χ0) is 12.1. The number of nitrogens with zero attached hydrogens (tertiary/aromatic N) is 3. The minimum atomic E-state index is -0.429. The third kappa shape index (κ3) is 2.78. The van der Waals surface area contributed by atoms with E-state index in [1.807, 2.05) is 6.07 Å². The summed E-state index contributed by atoms with van der Waals surface area (Å²) < 4.78 is 13.5. The van der Waals surface area contributed by atoms with Crippen molar-refractivity contribution < 1.29 is 4.39 Å². The molecule has 0 radical (unpaired) electrons. The van der Waals surface area contributed by atoms with Crippen LogP contribution in [0, 0.1) is 17.1 Å². The van der Waals surface area contributed by atoms with Crippen LogP contribution < -0.4 is 5.32 Å². The average Bonchev–Trinajstić information content (AvgIpc) is 2.84. The van der Waals surface area contributed by atoms with Gasteiger partial charge >= 0.3 is 0 Å². The summed E-state index contributed by atoms with van der Waals surface area (Å²) in [6, 6.07) is 6.21. The second kappa shape index (κ2) is 5.07. The molecule has 0 atom stereocenters. The monoisotopic (exact) mass is 231 g/mol. The van der Waals surface area contributed by atoms with Crippen molar-refractivity contribution in [1.29, 1.82) is 5.26 Å². The molecular weight excluding hydrogens is 221 g/mol. The number of hydrogen-bond donors (Lipinski definition) is 2. The van der Waals surface area contributed by atoms with E-state index in [2.05, 4.69) is 20.5 Å². The number of H-pyrrole nitrogens is 1. The lowest BCUT2D eigenvalue weighted by molar-refractivity contribution is 0.629. The fourth-order valence-corrected chi connectivity index (χ4v) is 1.39. The minimum absolute atomic E-state index is 0.309. The van der Waals surface area contributed by atoms with Crippen LogP contribution >= 0.6 is 0 Å². The Hall–Kier alpha value is -2.42.